The molecule has 0 saturated carbocycles. The Morgan fingerprint density at radius 1 is 0.426 bits per heavy atom. The Morgan fingerprint density at radius 3 is 1.06 bits per heavy atom. The van der Waals surface area contributed by atoms with E-state index in [0.717, 1.165) is 48.6 Å². The summed E-state index contributed by atoms with van der Waals surface area (Å²) in [5, 5.41) is 33.6. The van der Waals surface area contributed by atoms with Gasteiger partial charge in [-0.1, -0.05) is 48.6 Å². The Hall–Kier alpha value is -7.98. The third-order valence-electron chi connectivity index (χ3n) is 8.43. The van der Waals surface area contributed by atoms with Crippen LogP contribution in [-0.4, -0.2) is 117 Å². The molecule has 0 aliphatic carbocycles. The minimum absolute atomic E-state index is 0.107. The van der Waals surface area contributed by atoms with E-state index in [1.807, 2.05) is 0 Å². The summed E-state index contributed by atoms with van der Waals surface area (Å²) in [5.74, 6) is -4.90. The summed E-state index contributed by atoms with van der Waals surface area (Å²) < 4.78 is 138. The maximum Gasteiger partial charge on any atom is 0.322 e. The van der Waals surface area contributed by atoms with Gasteiger partial charge in [-0.15, -0.1) is 0 Å². The van der Waals surface area contributed by atoms with E-state index in [0.29, 0.717) is 0 Å². The summed E-state index contributed by atoms with van der Waals surface area (Å²) in [4.78, 5) is 44.1. The molecule has 4 aromatic carbocycles. The van der Waals surface area contributed by atoms with E-state index in [1.165, 1.54) is 48.5 Å². The lowest BCUT2D eigenvalue weighted by atomic mass is 10.1. The number of hydrogen-bond acceptors (Lipinski definition) is 22. The van der Waals surface area contributed by atoms with Gasteiger partial charge in [0.15, 0.2) is 0 Å². The van der Waals surface area contributed by atoms with Crippen molar-refractivity contribution in [3.63, 3.8) is 0 Å². The summed E-state index contributed by atoms with van der Waals surface area (Å²) in [7, 11) is -19.6. The quantitative estimate of drug-likeness (QED) is 0.0386. The molecule has 0 amide bonds. The zero-order valence-electron chi connectivity index (χ0n) is 33.7. The van der Waals surface area contributed by atoms with Crippen molar-refractivity contribution in [3.8, 4) is 0 Å². The molecular formula is C36H32N12O16S4. The van der Waals surface area contributed by atoms with E-state index < -0.39 is 85.1 Å². The van der Waals surface area contributed by atoms with E-state index in [-0.39, 0.29) is 69.6 Å². The molecule has 12 N–H and O–H groups in total. The molecule has 0 saturated heterocycles. The van der Waals surface area contributed by atoms with E-state index in [4.69, 9.17) is 10.2 Å². The molecule has 28 nitrogen and oxygen atoms in total. The van der Waals surface area contributed by atoms with Crippen LogP contribution in [0.4, 0.5) is 58.4 Å². The average molecular weight is 1020 g/mol. The second kappa shape index (κ2) is 19.9. The number of carboxylic acid groups (broad SMARTS) is 2. The molecule has 2 aromatic heterocycles. The predicted molar refractivity (Wildman–Crippen MR) is 239 cm³/mol. The fraction of sp³-hybridized carbons (Fsp3) is 0.0556. The van der Waals surface area contributed by atoms with Gasteiger partial charge in [-0.25, -0.2) is 0 Å². The molecule has 0 atom stereocenters. The number of aliphatic carboxylic acids is 2. The van der Waals surface area contributed by atoms with Crippen LogP contribution >= 0.6 is 0 Å². The van der Waals surface area contributed by atoms with E-state index in [2.05, 4.69) is 61.8 Å². The monoisotopic (exact) mass is 1020 g/mol. The first-order chi connectivity index (χ1) is 31.8. The van der Waals surface area contributed by atoms with Crippen molar-refractivity contribution in [2.45, 2.75) is 19.6 Å². The van der Waals surface area contributed by atoms with Gasteiger partial charge in [0.1, 0.15) is 32.7 Å². The smallest absolute Gasteiger partial charge is 0.322 e. The zero-order valence-corrected chi connectivity index (χ0v) is 37.0. The first-order valence-corrected chi connectivity index (χ1v) is 24.1. The second-order valence-electron chi connectivity index (χ2n) is 13.3. The highest BCUT2D eigenvalue weighted by Gasteiger charge is 2.21. The largest absolute Gasteiger partial charge is 0.480 e. The molecule has 0 spiro atoms. The molecule has 0 aliphatic heterocycles. The summed E-state index contributed by atoms with van der Waals surface area (Å²) in [6.07, 6.45) is 2.15. The van der Waals surface area contributed by atoms with Crippen LogP contribution in [0.5, 0.6) is 0 Å². The van der Waals surface area contributed by atoms with Crippen molar-refractivity contribution in [1.29, 1.82) is 0 Å². The fourth-order valence-corrected chi connectivity index (χ4v) is 8.37. The molecule has 0 aliphatic rings. The van der Waals surface area contributed by atoms with Crippen LogP contribution in [0.25, 0.3) is 12.2 Å². The SMILES string of the molecule is O=C(O)CNc1nc(Nc2ccc(C=Cc3ccc(Nc4nc(NCC(=O)O)nc(Nc5ccccc5S(=O)(=O)O)n4)cc3S(=O)(=O)O)c(S(=O)(=O)O)c2)nc(Nc2ccccc2S(=O)(=O)O)n1. The molecule has 32 heteroatoms. The number of rotatable bonds is 20. The Morgan fingerprint density at radius 2 is 0.735 bits per heavy atom. The van der Waals surface area contributed by atoms with Crippen LogP contribution in [0.3, 0.4) is 0 Å². The Kier molecular flexibility index (Phi) is 14.4. The van der Waals surface area contributed by atoms with E-state index in [1.54, 1.807) is 0 Å². The minimum atomic E-state index is -5.07. The van der Waals surface area contributed by atoms with Crippen molar-refractivity contribution in [2.24, 2.45) is 0 Å². The van der Waals surface area contributed by atoms with Crippen molar-refractivity contribution in [1.82, 2.24) is 29.9 Å². The van der Waals surface area contributed by atoms with Gasteiger partial charge in [-0.2, -0.15) is 63.6 Å². The number of para-hydroxylation sites is 2. The lowest BCUT2D eigenvalue weighted by molar-refractivity contribution is -0.136. The number of carboxylic acids is 2. The van der Waals surface area contributed by atoms with Gasteiger partial charge in [0.05, 0.1) is 11.4 Å². The minimum Gasteiger partial charge on any atom is -0.480 e. The van der Waals surface area contributed by atoms with Crippen LogP contribution in [0.2, 0.25) is 0 Å². The lowest BCUT2D eigenvalue weighted by Crippen LogP contribution is -2.16. The number of hydrogen-bond donors (Lipinski definition) is 12. The molecule has 0 unspecified atom stereocenters. The number of benzene rings is 4. The predicted octanol–water partition coefficient (Wildman–Crippen LogP) is 3.18. The number of anilines is 10. The molecule has 0 fully saturated rings. The van der Waals surface area contributed by atoms with Crippen LogP contribution < -0.4 is 31.9 Å². The molecule has 356 valence electrons. The highest BCUT2D eigenvalue weighted by atomic mass is 32.2. The van der Waals surface area contributed by atoms with Gasteiger partial charge < -0.3 is 42.1 Å². The zero-order chi connectivity index (χ0) is 49.6. The number of nitrogens with one attached hydrogen (secondary N) is 6. The van der Waals surface area contributed by atoms with E-state index in [9.17, 15) is 61.5 Å². The van der Waals surface area contributed by atoms with Gasteiger partial charge in [0, 0.05) is 11.4 Å². The van der Waals surface area contributed by atoms with Gasteiger partial charge in [0.2, 0.25) is 35.7 Å². The van der Waals surface area contributed by atoms with Crippen LogP contribution in [0, 0.1) is 0 Å². The summed E-state index contributed by atoms with van der Waals surface area (Å²) in [6.45, 7) is -1.38. The molecule has 68 heavy (non-hydrogen) atoms. The highest BCUT2D eigenvalue weighted by Crippen LogP contribution is 2.30. The average Bonchev–Trinajstić information content (AvgIpc) is 3.23. The molecule has 6 rings (SSSR count). The van der Waals surface area contributed by atoms with Crippen molar-refractivity contribution in [2.75, 3.05) is 45.0 Å². The molecular weight excluding hydrogens is 985 g/mol. The topological polar surface area (TPSA) is 442 Å². The Labute approximate surface area is 383 Å². The normalized spacial score (nSPS) is 12.0. The van der Waals surface area contributed by atoms with Crippen LogP contribution in [0.15, 0.2) is 105 Å². The van der Waals surface area contributed by atoms with Crippen molar-refractivity contribution >= 4 is 123 Å². The third-order valence-corrected chi connectivity index (χ3v) is 12.1. The van der Waals surface area contributed by atoms with Gasteiger partial charge in [-0.05, 0) is 59.7 Å². The lowest BCUT2D eigenvalue weighted by Gasteiger charge is -2.13. The van der Waals surface area contributed by atoms with Crippen molar-refractivity contribution in [3.05, 3.63) is 96.1 Å². The Bertz CT molecular complexity index is 3230. The van der Waals surface area contributed by atoms with Crippen LogP contribution in [-0.2, 0) is 50.1 Å². The van der Waals surface area contributed by atoms with Crippen LogP contribution in [0.1, 0.15) is 11.1 Å². The van der Waals surface area contributed by atoms with Gasteiger partial charge >= 0.3 is 11.9 Å². The van der Waals surface area contributed by atoms with Gasteiger partial charge in [-0.3, -0.25) is 27.8 Å². The second-order valence-corrected chi connectivity index (χ2v) is 18.9. The first kappa shape index (κ1) is 49.5. The standard InChI is InChI=1S/C36H32N12O16S4/c49-29(50)17-37-31-43-33(47-35(45-31)41-23-5-1-3-7-25(23)65(53,54)55)39-21-13-11-19(27(15-21)67(59,60)61)9-10-20-12-14-22(16-28(20)68(62,63)64)40-34-44-32(38-18-30(51)52)46-36(48-34)42-24-6-2-4-8-26(24)66(56,57)58/h1-16H,17-18H2,(H,49,50)(H,51,52)(H,53,54,55)(H,56,57,58)(H,59,60,61)(H,62,63,64)(H3,37,39,41,43,45,47)(H3,38,40,42,44,46,48). The van der Waals surface area contributed by atoms with Crippen molar-refractivity contribution < 1.29 is 71.7 Å². The molecule has 0 bridgehead atoms. The molecule has 6 aromatic rings. The first-order valence-electron chi connectivity index (χ1n) is 18.4. The molecule has 2 heterocycles. The number of nitrogens with zero attached hydrogens (tertiary/aromatic N) is 6. The summed E-state index contributed by atoms with van der Waals surface area (Å²) in [5.41, 5.74) is -1.06. The number of carbonyl (C=O) groups is 2. The summed E-state index contributed by atoms with van der Waals surface area (Å²) in [6, 6.07) is 16.8. The maximum absolute atomic E-state index is 12.6. The molecule has 0 radical (unpaired) electrons. The number of aromatic nitrogens is 6. The highest BCUT2D eigenvalue weighted by molar-refractivity contribution is 7.86. The maximum atomic E-state index is 12.6. The Balaban J connectivity index is 1.31. The third kappa shape index (κ3) is 13.3. The fourth-order valence-electron chi connectivity index (χ4n) is 5.66. The van der Waals surface area contributed by atoms with Gasteiger partial charge in [0.25, 0.3) is 40.5 Å². The van der Waals surface area contributed by atoms with E-state index >= 15 is 0 Å². The summed E-state index contributed by atoms with van der Waals surface area (Å²) >= 11 is 0.